The van der Waals surface area contributed by atoms with E-state index in [2.05, 4.69) is 9.97 Å². The first-order chi connectivity index (χ1) is 6.15. The molecule has 0 aromatic carbocycles. The van der Waals surface area contributed by atoms with Crippen molar-refractivity contribution in [2.24, 2.45) is 0 Å². The predicted molar refractivity (Wildman–Crippen MR) is 52.0 cm³/mol. The van der Waals surface area contributed by atoms with Crippen LogP contribution in [-0.2, 0) is 0 Å². The molecule has 0 atom stereocenters. The van der Waals surface area contributed by atoms with Gasteiger partial charge in [-0.25, -0.2) is 4.79 Å². The fourth-order valence-electron chi connectivity index (χ4n) is 0.853. The zero-order chi connectivity index (χ0) is 9.84. The average molecular weight is 201 g/mol. The molecule has 0 spiro atoms. The molecule has 0 amide bonds. The van der Waals surface area contributed by atoms with Crippen LogP contribution in [-0.4, -0.2) is 9.97 Å². The van der Waals surface area contributed by atoms with E-state index in [-0.39, 0.29) is 10.7 Å². The van der Waals surface area contributed by atoms with Crippen LogP contribution in [0.2, 0.25) is 5.15 Å². The Bertz CT molecular complexity index is 431. The first-order valence-corrected chi connectivity index (χ1v) is 4.21. The third kappa shape index (κ3) is 2.32. The van der Waals surface area contributed by atoms with E-state index in [1.807, 2.05) is 6.92 Å². The number of allylic oxidation sites excluding steroid dienone is 1. The molecule has 0 aliphatic heterocycles. The smallest absolute Gasteiger partial charge is 0.297 e. The average Bonchev–Trinajstić information content (AvgIpc) is 2.02. The summed E-state index contributed by atoms with van der Waals surface area (Å²) in [6.07, 6.45) is 4.17. The van der Waals surface area contributed by atoms with Crippen molar-refractivity contribution >= 4 is 17.7 Å². The van der Waals surface area contributed by atoms with E-state index in [1.54, 1.807) is 12.2 Å². The van der Waals surface area contributed by atoms with Crippen molar-refractivity contribution in [3.8, 4) is 0 Å². The number of aromatic amines is 2. The Kier molecular flexibility index (Phi) is 3.08. The van der Waals surface area contributed by atoms with E-state index in [0.29, 0.717) is 0 Å². The number of aromatic nitrogens is 2. The van der Waals surface area contributed by atoms with Gasteiger partial charge in [0.1, 0.15) is 5.15 Å². The van der Waals surface area contributed by atoms with Gasteiger partial charge in [-0.15, -0.1) is 0 Å². The Morgan fingerprint density at radius 2 is 2.08 bits per heavy atom. The van der Waals surface area contributed by atoms with Crippen LogP contribution in [0.3, 0.4) is 0 Å². The second-order valence-electron chi connectivity index (χ2n) is 2.45. The molecular weight excluding hydrogens is 192 g/mol. The Hall–Kier alpha value is -1.29. The summed E-state index contributed by atoms with van der Waals surface area (Å²) in [4.78, 5) is 26.3. The SMILES string of the molecule is CC/C=C/c1c(Cl)[nH]c(=O)[nH]c1=O. The molecule has 0 bridgehead atoms. The van der Waals surface area contributed by atoms with Crippen molar-refractivity contribution in [2.75, 3.05) is 0 Å². The molecule has 0 aliphatic rings. The van der Waals surface area contributed by atoms with Gasteiger partial charge in [-0.1, -0.05) is 30.7 Å². The van der Waals surface area contributed by atoms with E-state index < -0.39 is 11.2 Å². The Balaban J connectivity index is 3.29. The number of hydrogen-bond donors (Lipinski definition) is 2. The van der Waals surface area contributed by atoms with Gasteiger partial charge in [0.15, 0.2) is 0 Å². The lowest BCUT2D eigenvalue weighted by Gasteiger charge is -1.94. The topological polar surface area (TPSA) is 65.7 Å². The lowest BCUT2D eigenvalue weighted by Crippen LogP contribution is -2.24. The molecule has 1 rings (SSSR count). The van der Waals surface area contributed by atoms with Crippen LogP contribution >= 0.6 is 11.6 Å². The summed E-state index contributed by atoms with van der Waals surface area (Å²) in [6, 6.07) is 0. The highest BCUT2D eigenvalue weighted by Crippen LogP contribution is 2.06. The Morgan fingerprint density at radius 3 is 2.62 bits per heavy atom. The van der Waals surface area contributed by atoms with Gasteiger partial charge in [0.25, 0.3) is 5.56 Å². The van der Waals surface area contributed by atoms with Crippen molar-refractivity contribution in [2.45, 2.75) is 13.3 Å². The van der Waals surface area contributed by atoms with Crippen LogP contribution < -0.4 is 11.2 Å². The lowest BCUT2D eigenvalue weighted by molar-refractivity contribution is 1.03. The second kappa shape index (κ2) is 4.09. The molecule has 0 radical (unpaired) electrons. The minimum absolute atomic E-state index is 0.0680. The fraction of sp³-hybridized carbons (Fsp3) is 0.250. The zero-order valence-electron chi connectivity index (χ0n) is 7.06. The van der Waals surface area contributed by atoms with Crippen molar-refractivity contribution < 1.29 is 0 Å². The summed E-state index contributed by atoms with van der Waals surface area (Å²) in [6.45, 7) is 1.93. The summed E-state index contributed by atoms with van der Waals surface area (Å²) < 4.78 is 0. The molecule has 0 aliphatic carbocycles. The number of halogens is 1. The van der Waals surface area contributed by atoms with Crippen LogP contribution in [0.4, 0.5) is 0 Å². The van der Waals surface area contributed by atoms with Crippen LogP contribution in [0, 0.1) is 0 Å². The summed E-state index contributed by atoms with van der Waals surface area (Å²) in [5.41, 5.74) is -0.787. The van der Waals surface area contributed by atoms with Crippen molar-refractivity contribution in [3.63, 3.8) is 0 Å². The number of H-pyrrole nitrogens is 2. The third-order valence-electron chi connectivity index (χ3n) is 1.45. The fourth-order valence-corrected chi connectivity index (χ4v) is 1.09. The first-order valence-electron chi connectivity index (χ1n) is 3.83. The molecule has 1 aromatic heterocycles. The predicted octanol–water partition coefficient (Wildman–Crippen LogP) is 1.14. The second-order valence-corrected chi connectivity index (χ2v) is 2.82. The van der Waals surface area contributed by atoms with Gasteiger partial charge < -0.3 is 0 Å². The molecular formula is C8H9ClN2O2. The third-order valence-corrected chi connectivity index (χ3v) is 1.75. The first kappa shape index (κ1) is 9.80. The summed E-state index contributed by atoms with van der Waals surface area (Å²) in [5, 5.41) is 0.0680. The van der Waals surface area contributed by atoms with Crippen LogP contribution in [0.15, 0.2) is 15.7 Å². The van der Waals surface area contributed by atoms with Gasteiger partial charge in [-0.2, -0.15) is 0 Å². The monoisotopic (exact) mass is 200 g/mol. The minimum atomic E-state index is -0.594. The van der Waals surface area contributed by atoms with Gasteiger partial charge in [0.2, 0.25) is 0 Å². The molecule has 70 valence electrons. The highest BCUT2D eigenvalue weighted by atomic mass is 35.5. The van der Waals surface area contributed by atoms with Gasteiger partial charge in [-0.05, 0) is 6.42 Å². The Labute approximate surface area is 79.3 Å². The molecule has 0 unspecified atom stereocenters. The van der Waals surface area contributed by atoms with E-state index in [1.165, 1.54) is 0 Å². The highest BCUT2D eigenvalue weighted by Gasteiger charge is 2.02. The van der Waals surface area contributed by atoms with E-state index in [4.69, 9.17) is 11.6 Å². The molecule has 1 aromatic rings. The van der Waals surface area contributed by atoms with E-state index in [9.17, 15) is 9.59 Å². The zero-order valence-corrected chi connectivity index (χ0v) is 7.81. The van der Waals surface area contributed by atoms with Gasteiger partial charge >= 0.3 is 5.69 Å². The molecule has 0 fully saturated rings. The van der Waals surface area contributed by atoms with Gasteiger partial charge in [0.05, 0.1) is 5.56 Å². The normalized spacial score (nSPS) is 10.9. The molecule has 0 saturated carbocycles. The van der Waals surface area contributed by atoms with E-state index >= 15 is 0 Å². The maximum Gasteiger partial charge on any atom is 0.326 e. The summed E-state index contributed by atoms with van der Waals surface area (Å²) in [7, 11) is 0. The van der Waals surface area contributed by atoms with Crippen molar-refractivity contribution in [1.29, 1.82) is 0 Å². The number of nitrogens with one attached hydrogen (secondary N) is 2. The van der Waals surface area contributed by atoms with Crippen molar-refractivity contribution in [1.82, 2.24) is 9.97 Å². The molecule has 5 heteroatoms. The Morgan fingerprint density at radius 1 is 1.38 bits per heavy atom. The maximum atomic E-state index is 11.2. The number of rotatable bonds is 2. The molecule has 13 heavy (non-hydrogen) atoms. The standard InChI is InChI=1S/C8H9ClN2O2/c1-2-3-4-5-6(9)10-8(13)11-7(5)12/h3-4H,2H2,1H3,(H2,10,11,12,13)/b4-3+. The van der Waals surface area contributed by atoms with Gasteiger partial charge in [-0.3, -0.25) is 14.8 Å². The van der Waals surface area contributed by atoms with Crippen LogP contribution in [0.5, 0.6) is 0 Å². The maximum absolute atomic E-state index is 11.2. The molecule has 0 saturated heterocycles. The van der Waals surface area contributed by atoms with Crippen molar-refractivity contribution in [3.05, 3.63) is 37.6 Å². The molecule has 1 heterocycles. The molecule has 4 nitrogen and oxygen atoms in total. The highest BCUT2D eigenvalue weighted by molar-refractivity contribution is 6.30. The van der Waals surface area contributed by atoms with Crippen LogP contribution in [0.25, 0.3) is 6.08 Å². The summed E-state index contributed by atoms with van der Waals surface area (Å²) in [5.74, 6) is 0. The number of hydrogen-bond acceptors (Lipinski definition) is 2. The minimum Gasteiger partial charge on any atom is -0.297 e. The van der Waals surface area contributed by atoms with Crippen LogP contribution in [0.1, 0.15) is 18.9 Å². The quantitative estimate of drug-likeness (QED) is 0.704. The summed E-state index contributed by atoms with van der Waals surface area (Å²) >= 11 is 5.64. The molecule has 2 N–H and O–H groups in total. The van der Waals surface area contributed by atoms with E-state index in [0.717, 1.165) is 6.42 Å². The lowest BCUT2D eigenvalue weighted by atomic mass is 10.3. The van der Waals surface area contributed by atoms with Gasteiger partial charge in [0, 0.05) is 0 Å². The largest absolute Gasteiger partial charge is 0.326 e.